The minimum absolute atomic E-state index is 0.0393. The molecule has 1 fully saturated rings. The molecule has 0 radical (unpaired) electrons. The van der Waals surface area contributed by atoms with Gasteiger partial charge in [-0.1, -0.05) is 27.2 Å². The maximum absolute atomic E-state index is 12.2. The molecule has 3 N–H and O–H groups in total. The first kappa shape index (κ1) is 14.5. The highest BCUT2D eigenvalue weighted by Crippen LogP contribution is 2.37. The van der Waals surface area contributed by atoms with Crippen LogP contribution in [0.4, 0.5) is 0 Å². The van der Waals surface area contributed by atoms with E-state index >= 15 is 0 Å². The molecule has 0 aromatic carbocycles. The Kier molecular flexibility index (Phi) is 5.44. The standard InChI is InChI=1S/C14H28N2O/c1-9(2)12-6-5-10(3)7-13(12)14(17)16-8-11(4)15/h9-13H,5-8,15H2,1-4H3,(H,16,17)/t10-,11+,12+,13-/m1/s1. The summed E-state index contributed by atoms with van der Waals surface area (Å²) < 4.78 is 0. The zero-order chi connectivity index (χ0) is 13.0. The fraction of sp³-hybridized carbons (Fsp3) is 0.929. The summed E-state index contributed by atoms with van der Waals surface area (Å²) in [7, 11) is 0. The molecule has 0 spiro atoms. The third-order valence-corrected chi connectivity index (χ3v) is 3.96. The monoisotopic (exact) mass is 240 g/mol. The van der Waals surface area contributed by atoms with Crippen molar-refractivity contribution < 1.29 is 4.79 Å². The Morgan fingerprint density at radius 3 is 2.53 bits per heavy atom. The first-order valence-electron chi connectivity index (χ1n) is 6.95. The molecule has 0 bridgehead atoms. The quantitative estimate of drug-likeness (QED) is 0.791. The van der Waals surface area contributed by atoms with Crippen LogP contribution in [0.3, 0.4) is 0 Å². The van der Waals surface area contributed by atoms with Crippen LogP contribution < -0.4 is 11.1 Å². The van der Waals surface area contributed by atoms with Crippen LogP contribution in [-0.4, -0.2) is 18.5 Å². The van der Waals surface area contributed by atoms with Gasteiger partial charge in [-0.3, -0.25) is 4.79 Å². The zero-order valence-electron chi connectivity index (χ0n) is 11.7. The molecule has 0 unspecified atom stereocenters. The molecule has 0 aliphatic heterocycles. The number of carbonyl (C=O) groups is 1. The van der Waals surface area contributed by atoms with Crippen molar-refractivity contribution in [2.24, 2.45) is 29.4 Å². The van der Waals surface area contributed by atoms with Crippen molar-refractivity contribution in [1.82, 2.24) is 5.32 Å². The number of rotatable bonds is 4. The van der Waals surface area contributed by atoms with E-state index in [0.29, 0.717) is 24.3 Å². The summed E-state index contributed by atoms with van der Waals surface area (Å²) in [6.45, 7) is 9.22. The van der Waals surface area contributed by atoms with Gasteiger partial charge in [0, 0.05) is 18.5 Å². The van der Waals surface area contributed by atoms with Crippen molar-refractivity contribution in [3.8, 4) is 0 Å². The maximum atomic E-state index is 12.2. The van der Waals surface area contributed by atoms with Crippen LogP contribution in [0.1, 0.15) is 47.0 Å². The number of hydrogen-bond acceptors (Lipinski definition) is 2. The van der Waals surface area contributed by atoms with Crippen molar-refractivity contribution >= 4 is 5.91 Å². The lowest BCUT2D eigenvalue weighted by molar-refractivity contribution is -0.129. The lowest BCUT2D eigenvalue weighted by Crippen LogP contribution is -2.43. The van der Waals surface area contributed by atoms with E-state index in [4.69, 9.17) is 5.73 Å². The predicted octanol–water partition coefficient (Wildman–Crippen LogP) is 2.16. The number of amides is 1. The van der Waals surface area contributed by atoms with E-state index in [9.17, 15) is 4.79 Å². The van der Waals surface area contributed by atoms with Gasteiger partial charge in [0.2, 0.25) is 5.91 Å². The zero-order valence-corrected chi connectivity index (χ0v) is 11.7. The Morgan fingerprint density at radius 2 is 2.00 bits per heavy atom. The highest BCUT2D eigenvalue weighted by atomic mass is 16.1. The van der Waals surface area contributed by atoms with Crippen molar-refractivity contribution in [2.45, 2.75) is 53.0 Å². The Bertz CT molecular complexity index is 251. The van der Waals surface area contributed by atoms with Crippen LogP contribution in [0.15, 0.2) is 0 Å². The van der Waals surface area contributed by atoms with Crippen LogP contribution in [0, 0.1) is 23.7 Å². The molecule has 100 valence electrons. The molecule has 0 aromatic heterocycles. The number of nitrogens with one attached hydrogen (secondary N) is 1. The van der Waals surface area contributed by atoms with Crippen LogP contribution in [0.2, 0.25) is 0 Å². The molecule has 0 saturated heterocycles. The third-order valence-electron chi connectivity index (χ3n) is 3.96. The van der Waals surface area contributed by atoms with Gasteiger partial charge in [-0.05, 0) is 37.5 Å². The predicted molar refractivity (Wildman–Crippen MR) is 71.5 cm³/mol. The molecule has 1 amide bonds. The van der Waals surface area contributed by atoms with Gasteiger partial charge in [-0.15, -0.1) is 0 Å². The van der Waals surface area contributed by atoms with Crippen molar-refractivity contribution in [3.05, 3.63) is 0 Å². The van der Waals surface area contributed by atoms with Gasteiger partial charge in [0.05, 0.1) is 0 Å². The van der Waals surface area contributed by atoms with Gasteiger partial charge >= 0.3 is 0 Å². The molecular formula is C14H28N2O. The Hall–Kier alpha value is -0.570. The summed E-state index contributed by atoms with van der Waals surface area (Å²) in [5, 5.41) is 2.99. The summed E-state index contributed by atoms with van der Waals surface area (Å²) in [5.74, 6) is 2.22. The highest BCUT2D eigenvalue weighted by Gasteiger charge is 2.35. The molecule has 17 heavy (non-hydrogen) atoms. The lowest BCUT2D eigenvalue weighted by Gasteiger charge is -2.36. The second-order valence-electron chi connectivity index (χ2n) is 6.16. The van der Waals surface area contributed by atoms with Gasteiger partial charge in [0.25, 0.3) is 0 Å². The van der Waals surface area contributed by atoms with Gasteiger partial charge in [0.1, 0.15) is 0 Å². The van der Waals surface area contributed by atoms with Crippen LogP contribution >= 0.6 is 0 Å². The van der Waals surface area contributed by atoms with Crippen molar-refractivity contribution in [3.63, 3.8) is 0 Å². The Morgan fingerprint density at radius 1 is 1.35 bits per heavy atom. The average Bonchev–Trinajstić information content (AvgIpc) is 2.25. The van der Waals surface area contributed by atoms with Gasteiger partial charge in [-0.25, -0.2) is 0 Å². The molecule has 1 rings (SSSR count). The van der Waals surface area contributed by atoms with Gasteiger partial charge < -0.3 is 11.1 Å². The topological polar surface area (TPSA) is 55.1 Å². The lowest BCUT2D eigenvalue weighted by atomic mass is 9.70. The van der Waals surface area contributed by atoms with Crippen molar-refractivity contribution in [2.75, 3.05) is 6.54 Å². The second kappa shape index (κ2) is 6.39. The summed E-state index contributed by atoms with van der Waals surface area (Å²) in [5.41, 5.74) is 5.68. The first-order chi connectivity index (χ1) is 7.91. The highest BCUT2D eigenvalue weighted by molar-refractivity contribution is 5.79. The SMILES string of the molecule is CC(C)[C@@H]1CC[C@@H](C)C[C@H]1C(=O)NC[C@H](C)N. The molecule has 0 heterocycles. The molecule has 4 atom stereocenters. The second-order valence-corrected chi connectivity index (χ2v) is 6.16. The Balaban J connectivity index is 2.59. The van der Waals surface area contributed by atoms with E-state index in [0.717, 1.165) is 6.42 Å². The van der Waals surface area contributed by atoms with E-state index in [1.165, 1.54) is 12.8 Å². The van der Waals surface area contributed by atoms with E-state index in [2.05, 4.69) is 26.1 Å². The maximum Gasteiger partial charge on any atom is 0.223 e. The van der Waals surface area contributed by atoms with E-state index in [1.807, 2.05) is 6.92 Å². The smallest absolute Gasteiger partial charge is 0.223 e. The molecule has 1 aliphatic rings. The summed E-state index contributed by atoms with van der Waals surface area (Å²) in [6.07, 6.45) is 3.49. The molecule has 3 heteroatoms. The number of nitrogens with two attached hydrogens (primary N) is 1. The molecule has 1 aliphatic carbocycles. The van der Waals surface area contributed by atoms with Crippen LogP contribution in [0.25, 0.3) is 0 Å². The van der Waals surface area contributed by atoms with Crippen LogP contribution in [0.5, 0.6) is 0 Å². The van der Waals surface area contributed by atoms with Gasteiger partial charge in [0.15, 0.2) is 0 Å². The first-order valence-corrected chi connectivity index (χ1v) is 6.95. The molecular weight excluding hydrogens is 212 g/mol. The molecule has 3 nitrogen and oxygen atoms in total. The van der Waals surface area contributed by atoms with E-state index < -0.39 is 0 Å². The summed E-state index contributed by atoms with van der Waals surface area (Å²) >= 11 is 0. The van der Waals surface area contributed by atoms with Crippen LogP contribution in [-0.2, 0) is 4.79 Å². The molecule has 1 saturated carbocycles. The van der Waals surface area contributed by atoms with Gasteiger partial charge in [-0.2, -0.15) is 0 Å². The minimum Gasteiger partial charge on any atom is -0.354 e. The normalized spacial score (nSPS) is 31.3. The molecule has 0 aromatic rings. The Labute approximate surface area is 106 Å². The number of carbonyl (C=O) groups excluding carboxylic acids is 1. The fourth-order valence-corrected chi connectivity index (χ4v) is 2.90. The van der Waals surface area contributed by atoms with E-state index in [1.54, 1.807) is 0 Å². The largest absolute Gasteiger partial charge is 0.354 e. The minimum atomic E-state index is 0.0393. The number of hydrogen-bond donors (Lipinski definition) is 2. The summed E-state index contributed by atoms with van der Waals surface area (Å²) in [4.78, 5) is 12.2. The third kappa shape index (κ3) is 4.30. The average molecular weight is 240 g/mol. The van der Waals surface area contributed by atoms with E-state index in [-0.39, 0.29) is 17.9 Å². The summed E-state index contributed by atoms with van der Waals surface area (Å²) in [6, 6.07) is 0.0393. The fourth-order valence-electron chi connectivity index (χ4n) is 2.90. The van der Waals surface area contributed by atoms with Crippen molar-refractivity contribution in [1.29, 1.82) is 0 Å².